The number of amides is 1. The lowest BCUT2D eigenvalue weighted by atomic mass is 9.90. The molecule has 1 aliphatic rings. The van der Waals surface area contributed by atoms with Crippen LogP contribution in [0.2, 0.25) is 0 Å². The summed E-state index contributed by atoms with van der Waals surface area (Å²) in [6, 6.07) is 16.9. The minimum atomic E-state index is -0.0826. The predicted octanol–water partition coefficient (Wildman–Crippen LogP) is 5.67. The van der Waals surface area contributed by atoms with Crippen molar-refractivity contribution < 1.29 is 4.79 Å². The van der Waals surface area contributed by atoms with Crippen LogP contribution < -0.4 is 5.32 Å². The molecule has 0 saturated carbocycles. The molecule has 0 spiro atoms. The van der Waals surface area contributed by atoms with E-state index in [0.29, 0.717) is 12.5 Å². The maximum absolute atomic E-state index is 12.8. The van der Waals surface area contributed by atoms with Gasteiger partial charge in [-0.2, -0.15) is 0 Å². The Kier molecular flexibility index (Phi) is 7.39. The molecule has 5 heteroatoms. The average Bonchev–Trinajstić information content (AvgIpc) is 2.79. The van der Waals surface area contributed by atoms with Gasteiger partial charge in [0.1, 0.15) is 0 Å². The van der Waals surface area contributed by atoms with Gasteiger partial charge in [-0.25, -0.2) is 0 Å². The van der Waals surface area contributed by atoms with Gasteiger partial charge >= 0.3 is 0 Å². The Hall–Kier alpha value is -2.79. The normalized spacial score (nSPS) is 18.2. The van der Waals surface area contributed by atoms with E-state index in [1.165, 1.54) is 23.8 Å². The summed E-state index contributed by atoms with van der Waals surface area (Å²) in [4.78, 5) is 24.6. The quantitative estimate of drug-likeness (QED) is 0.510. The van der Waals surface area contributed by atoms with E-state index in [0.717, 1.165) is 37.1 Å². The molecule has 2 atom stereocenters. The number of pyridine rings is 2. The van der Waals surface area contributed by atoms with E-state index in [1.807, 2.05) is 36.7 Å². The number of fused-ring (bicyclic) bond motifs is 1. The number of benzene rings is 1. The minimum absolute atomic E-state index is 0.0436. The Bertz CT molecular complexity index is 1050. The molecule has 0 unspecified atom stereocenters. The standard InChI is InChI=1S/C28H36N4O/c1-28(2,3)19-27(33)31-26(25-13-4-6-15-30-25)18-22-11-5-7-17-32(22)20-21-10-8-14-24-23(21)12-9-16-29-24/h4,6,8-10,12-16,22,26H,5,7,11,17-20H2,1-3H3,(H,31,33)/t22-,26+/m0/s1. The summed E-state index contributed by atoms with van der Waals surface area (Å²) in [5.41, 5.74) is 3.26. The van der Waals surface area contributed by atoms with Crippen molar-refractivity contribution >= 4 is 16.8 Å². The van der Waals surface area contributed by atoms with Crippen LogP contribution in [-0.4, -0.2) is 33.4 Å². The van der Waals surface area contributed by atoms with Gasteiger partial charge in [0.2, 0.25) is 5.91 Å². The van der Waals surface area contributed by atoms with E-state index in [2.05, 4.69) is 65.2 Å². The van der Waals surface area contributed by atoms with Gasteiger partial charge in [-0.3, -0.25) is 19.7 Å². The minimum Gasteiger partial charge on any atom is -0.348 e. The number of carbonyl (C=O) groups excluding carboxylic acids is 1. The topological polar surface area (TPSA) is 58.1 Å². The molecule has 1 amide bonds. The van der Waals surface area contributed by atoms with Crippen LogP contribution in [0.5, 0.6) is 0 Å². The second kappa shape index (κ2) is 10.4. The van der Waals surface area contributed by atoms with Crippen molar-refractivity contribution in [2.75, 3.05) is 6.54 Å². The van der Waals surface area contributed by atoms with E-state index >= 15 is 0 Å². The highest BCUT2D eigenvalue weighted by Crippen LogP contribution is 2.29. The molecular formula is C28H36N4O. The van der Waals surface area contributed by atoms with Crippen molar-refractivity contribution in [3.05, 3.63) is 72.2 Å². The summed E-state index contributed by atoms with van der Waals surface area (Å²) < 4.78 is 0. The number of carbonyl (C=O) groups is 1. The molecule has 1 aliphatic heterocycles. The first-order chi connectivity index (χ1) is 15.9. The summed E-state index contributed by atoms with van der Waals surface area (Å²) in [6.45, 7) is 8.28. The second-order valence-corrected chi connectivity index (χ2v) is 10.5. The maximum atomic E-state index is 12.8. The highest BCUT2D eigenvalue weighted by atomic mass is 16.1. The molecule has 33 heavy (non-hydrogen) atoms. The Labute approximate surface area is 197 Å². The summed E-state index contributed by atoms with van der Waals surface area (Å²) in [6.07, 6.45) is 8.63. The monoisotopic (exact) mass is 444 g/mol. The molecule has 4 rings (SSSR count). The summed E-state index contributed by atoms with van der Waals surface area (Å²) in [5.74, 6) is 0.0978. The fourth-order valence-electron chi connectivity index (χ4n) is 4.89. The van der Waals surface area contributed by atoms with E-state index in [9.17, 15) is 4.79 Å². The van der Waals surface area contributed by atoms with Crippen LogP contribution in [0.25, 0.3) is 10.9 Å². The van der Waals surface area contributed by atoms with Crippen molar-refractivity contribution in [1.82, 2.24) is 20.2 Å². The number of nitrogens with zero attached hydrogens (tertiary/aromatic N) is 3. The van der Waals surface area contributed by atoms with Crippen LogP contribution in [0.15, 0.2) is 60.9 Å². The van der Waals surface area contributed by atoms with Crippen molar-refractivity contribution in [3.63, 3.8) is 0 Å². The predicted molar refractivity (Wildman–Crippen MR) is 134 cm³/mol. The van der Waals surface area contributed by atoms with Crippen LogP contribution in [0, 0.1) is 5.41 Å². The summed E-state index contributed by atoms with van der Waals surface area (Å²) in [7, 11) is 0. The first kappa shape index (κ1) is 23.4. The number of hydrogen-bond donors (Lipinski definition) is 1. The first-order valence-corrected chi connectivity index (χ1v) is 12.2. The molecule has 174 valence electrons. The molecule has 5 nitrogen and oxygen atoms in total. The zero-order valence-corrected chi connectivity index (χ0v) is 20.1. The lowest BCUT2D eigenvalue weighted by molar-refractivity contribution is -0.123. The average molecular weight is 445 g/mol. The van der Waals surface area contributed by atoms with Crippen molar-refractivity contribution in [1.29, 1.82) is 0 Å². The van der Waals surface area contributed by atoms with Crippen LogP contribution in [-0.2, 0) is 11.3 Å². The highest BCUT2D eigenvalue weighted by molar-refractivity contribution is 5.81. The van der Waals surface area contributed by atoms with Gasteiger partial charge < -0.3 is 5.32 Å². The highest BCUT2D eigenvalue weighted by Gasteiger charge is 2.29. The number of likely N-dealkylation sites (tertiary alicyclic amines) is 1. The van der Waals surface area contributed by atoms with Gasteiger partial charge in [0.25, 0.3) is 0 Å². The fourth-order valence-corrected chi connectivity index (χ4v) is 4.89. The van der Waals surface area contributed by atoms with E-state index in [4.69, 9.17) is 0 Å². The third-order valence-corrected chi connectivity index (χ3v) is 6.44. The van der Waals surface area contributed by atoms with Gasteiger partial charge in [0, 0.05) is 36.8 Å². The number of piperidine rings is 1. The number of aromatic nitrogens is 2. The lowest BCUT2D eigenvalue weighted by Gasteiger charge is -2.38. The molecule has 0 aliphatic carbocycles. The van der Waals surface area contributed by atoms with Crippen LogP contribution >= 0.6 is 0 Å². The first-order valence-electron chi connectivity index (χ1n) is 12.2. The SMILES string of the molecule is CC(C)(C)CC(=O)N[C@H](C[C@@H]1CCCCN1Cc1cccc2ncccc12)c1ccccn1. The Balaban J connectivity index is 1.54. The molecule has 2 aromatic heterocycles. The van der Waals surface area contributed by atoms with Gasteiger partial charge in [0.05, 0.1) is 17.3 Å². The van der Waals surface area contributed by atoms with Crippen LogP contribution in [0.1, 0.15) is 70.2 Å². The van der Waals surface area contributed by atoms with Crippen LogP contribution in [0.3, 0.4) is 0 Å². The molecule has 1 N–H and O–H groups in total. The summed E-state index contributed by atoms with van der Waals surface area (Å²) >= 11 is 0. The van der Waals surface area contributed by atoms with Crippen molar-refractivity contribution in [3.8, 4) is 0 Å². The van der Waals surface area contributed by atoms with Crippen molar-refractivity contribution in [2.24, 2.45) is 5.41 Å². The molecule has 0 radical (unpaired) electrons. The Morgan fingerprint density at radius 1 is 1.06 bits per heavy atom. The zero-order chi connectivity index (χ0) is 23.3. The molecular weight excluding hydrogens is 408 g/mol. The number of hydrogen-bond acceptors (Lipinski definition) is 4. The smallest absolute Gasteiger partial charge is 0.221 e. The Morgan fingerprint density at radius 3 is 2.70 bits per heavy atom. The molecule has 1 fully saturated rings. The molecule has 3 aromatic rings. The van der Waals surface area contributed by atoms with Gasteiger partial charge in [-0.05, 0) is 61.1 Å². The third-order valence-electron chi connectivity index (χ3n) is 6.44. The summed E-state index contributed by atoms with van der Waals surface area (Å²) in [5, 5.41) is 4.54. The second-order valence-electron chi connectivity index (χ2n) is 10.5. The largest absolute Gasteiger partial charge is 0.348 e. The lowest BCUT2D eigenvalue weighted by Crippen LogP contribution is -2.42. The van der Waals surface area contributed by atoms with E-state index < -0.39 is 0 Å². The molecule has 1 saturated heterocycles. The van der Waals surface area contributed by atoms with Gasteiger partial charge in [-0.1, -0.05) is 51.5 Å². The van der Waals surface area contributed by atoms with Crippen molar-refractivity contribution in [2.45, 2.75) is 71.5 Å². The van der Waals surface area contributed by atoms with E-state index in [1.54, 1.807) is 0 Å². The van der Waals surface area contributed by atoms with Gasteiger partial charge in [0.15, 0.2) is 0 Å². The zero-order valence-electron chi connectivity index (χ0n) is 20.1. The maximum Gasteiger partial charge on any atom is 0.221 e. The molecule has 1 aromatic carbocycles. The van der Waals surface area contributed by atoms with E-state index in [-0.39, 0.29) is 17.4 Å². The Morgan fingerprint density at radius 2 is 1.91 bits per heavy atom. The third kappa shape index (κ3) is 6.38. The molecule has 0 bridgehead atoms. The number of rotatable bonds is 7. The van der Waals surface area contributed by atoms with Gasteiger partial charge in [-0.15, -0.1) is 0 Å². The number of nitrogens with one attached hydrogen (secondary N) is 1. The fraction of sp³-hybridized carbons (Fsp3) is 0.464. The van der Waals surface area contributed by atoms with Crippen LogP contribution in [0.4, 0.5) is 0 Å². The molecule has 3 heterocycles.